The van der Waals surface area contributed by atoms with Gasteiger partial charge in [-0.1, -0.05) is 65.7 Å². The third-order valence-electron chi connectivity index (χ3n) is 4.21. The molecule has 0 aliphatic heterocycles. The van der Waals surface area contributed by atoms with Gasteiger partial charge >= 0.3 is 0 Å². The Morgan fingerprint density at radius 1 is 0.931 bits per heavy atom. The zero-order chi connectivity index (χ0) is 20.8. The molecule has 0 aromatic heterocycles. The van der Waals surface area contributed by atoms with Gasteiger partial charge in [-0.15, -0.1) is 0 Å². The van der Waals surface area contributed by atoms with Crippen LogP contribution in [0.1, 0.15) is 15.9 Å². The van der Waals surface area contributed by atoms with Crippen LogP contribution in [-0.4, -0.2) is 17.9 Å². The van der Waals surface area contributed by atoms with Crippen molar-refractivity contribution >= 4 is 40.7 Å². The number of hydrogen-bond acceptors (Lipinski definition) is 2. The fourth-order valence-electron chi connectivity index (χ4n) is 2.75. The molecule has 3 rings (SSSR count). The van der Waals surface area contributed by atoms with Crippen molar-refractivity contribution in [2.45, 2.75) is 12.5 Å². The van der Waals surface area contributed by atoms with Crippen molar-refractivity contribution < 1.29 is 14.0 Å². The fourth-order valence-corrected chi connectivity index (χ4v) is 3.21. The van der Waals surface area contributed by atoms with Gasteiger partial charge in [-0.2, -0.15) is 0 Å². The molecule has 7 heteroatoms. The second kappa shape index (κ2) is 9.54. The van der Waals surface area contributed by atoms with E-state index in [4.69, 9.17) is 23.2 Å². The van der Waals surface area contributed by atoms with Crippen molar-refractivity contribution in [3.8, 4) is 0 Å². The molecule has 0 aliphatic rings. The molecule has 29 heavy (non-hydrogen) atoms. The number of anilines is 1. The van der Waals surface area contributed by atoms with Gasteiger partial charge in [0.25, 0.3) is 5.91 Å². The van der Waals surface area contributed by atoms with Gasteiger partial charge in [0.05, 0.1) is 16.3 Å². The summed E-state index contributed by atoms with van der Waals surface area (Å²) in [5.41, 5.74) is 1.06. The van der Waals surface area contributed by atoms with Crippen LogP contribution >= 0.6 is 23.2 Å². The summed E-state index contributed by atoms with van der Waals surface area (Å²) < 4.78 is 14.0. The van der Waals surface area contributed by atoms with Crippen LogP contribution in [0.2, 0.25) is 10.0 Å². The lowest BCUT2D eigenvalue weighted by molar-refractivity contribution is -0.118. The van der Waals surface area contributed by atoms with E-state index in [0.717, 1.165) is 5.56 Å². The molecule has 148 valence electrons. The summed E-state index contributed by atoms with van der Waals surface area (Å²) in [5.74, 6) is -1.83. The van der Waals surface area contributed by atoms with Crippen LogP contribution in [0.15, 0.2) is 72.8 Å². The molecule has 0 bridgehead atoms. The Balaban J connectivity index is 1.83. The second-order valence-corrected chi connectivity index (χ2v) is 7.15. The molecule has 0 saturated carbocycles. The van der Waals surface area contributed by atoms with E-state index in [2.05, 4.69) is 10.6 Å². The van der Waals surface area contributed by atoms with Gasteiger partial charge in [0, 0.05) is 11.4 Å². The quantitative estimate of drug-likeness (QED) is 0.570. The largest absolute Gasteiger partial charge is 0.340 e. The summed E-state index contributed by atoms with van der Waals surface area (Å²) in [7, 11) is 0. The van der Waals surface area contributed by atoms with Gasteiger partial charge in [0.15, 0.2) is 0 Å². The average molecular weight is 431 g/mol. The molecular weight excluding hydrogens is 414 g/mol. The van der Waals surface area contributed by atoms with Gasteiger partial charge in [-0.05, 0) is 35.9 Å². The summed E-state index contributed by atoms with van der Waals surface area (Å²) in [6.07, 6.45) is 0.220. The zero-order valence-electron chi connectivity index (χ0n) is 15.2. The van der Waals surface area contributed by atoms with Gasteiger partial charge in [-0.3, -0.25) is 9.59 Å². The second-order valence-electron chi connectivity index (χ2n) is 6.31. The van der Waals surface area contributed by atoms with E-state index in [1.165, 1.54) is 24.3 Å². The normalized spacial score (nSPS) is 11.6. The topological polar surface area (TPSA) is 58.2 Å². The Morgan fingerprint density at radius 3 is 2.31 bits per heavy atom. The van der Waals surface area contributed by atoms with Crippen LogP contribution in [0.5, 0.6) is 0 Å². The lowest BCUT2D eigenvalue weighted by Gasteiger charge is -2.19. The van der Waals surface area contributed by atoms with E-state index in [9.17, 15) is 14.0 Å². The Morgan fingerprint density at radius 2 is 1.62 bits per heavy atom. The molecule has 0 fully saturated rings. The maximum atomic E-state index is 14.0. The van der Waals surface area contributed by atoms with Crippen LogP contribution in [-0.2, 0) is 11.2 Å². The summed E-state index contributed by atoms with van der Waals surface area (Å²) in [4.78, 5) is 25.5. The number of amides is 2. The first kappa shape index (κ1) is 20.8. The average Bonchev–Trinajstić information content (AvgIpc) is 2.70. The molecule has 2 N–H and O–H groups in total. The van der Waals surface area contributed by atoms with Crippen molar-refractivity contribution in [3.05, 3.63) is 99.8 Å². The van der Waals surface area contributed by atoms with Crippen molar-refractivity contribution in [2.24, 2.45) is 0 Å². The van der Waals surface area contributed by atoms with Crippen LogP contribution in [0, 0.1) is 5.82 Å². The molecule has 3 aromatic carbocycles. The van der Waals surface area contributed by atoms with Gasteiger partial charge in [0.2, 0.25) is 5.91 Å². The minimum absolute atomic E-state index is 0.136. The number of hydrogen-bond donors (Lipinski definition) is 2. The number of halogens is 3. The van der Waals surface area contributed by atoms with Crippen molar-refractivity contribution in [2.75, 3.05) is 5.32 Å². The van der Waals surface area contributed by atoms with Crippen molar-refractivity contribution in [1.29, 1.82) is 0 Å². The van der Waals surface area contributed by atoms with Gasteiger partial charge < -0.3 is 10.6 Å². The highest BCUT2D eigenvalue weighted by molar-refractivity contribution is 6.36. The van der Waals surface area contributed by atoms with Crippen molar-refractivity contribution in [1.82, 2.24) is 5.32 Å². The van der Waals surface area contributed by atoms with Crippen LogP contribution < -0.4 is 10.6 Å². The van der Waals surface area contributed by atoms with E-state index in [0.29, 0.717) is 10.7 Å². The molecule has 0 aliphatic carbocycles. The highest BCUT2D eigenvalue weighted by atomic mass is 35.5. The summed E-state index contributed by atoms with van der Waals surface area (Å²) in [6.45, 7) is 0. The first-order valence-electron chi connectivity index (χ1n) is 8.79. The highest BCUT2D eigenvalue weighted by Gasteiger charge is 2.24. The third-order valence-corrected chi connectivity index (χ3v) is 4.76. The molecule has 4 nitrogen and oxygen atoms in total. The summed E-state index contributed by atoms with van der Waals surface area (Å²) in [6, 6.07) is 18.5. The summed E-state index contributed by atoms with van der Waals surface area (Å²) in [5, 5.41) is 6.00. The molecular formula is C22H17Cl2FN2O2. The minimum atomic E-state index is -0.948. The molecule has 1 atom stereocenters. The zero-order valence-corrected chi connectivity index (χ0v) is 16.7. The molecule has 0 spiro atoms. The number of nitrogens with one attached hydrogen (secondary N) is 2. The highest BCUT2D eigenvalue weighted by Crippen LogP contribution is 2.25. The van der Waals surface area contributed by atoms with E-state index >= 15 is 0 Å². The van der Waals surface area contributed by atoms with Crippen molar-refractivity contribution in [3.63, 3.8) is 0 Å². The van der Waals surface area contributed by atoms with Crippen LogP contribution in [0.4, 0.5) is 10.1 Å². The number of benzene rings is 3. The lowest BCUT2D eigenvalue weighted by atomic mass is 10.0. The molecule has 0 saturated heterocycles. The van der Waals surface area contributed by atoms with E-state index in [-0.39, 0.29) is 17.0 Å². The minimum Gasteiger partial charge on any atom is -0.340 e. The number of rotatable bonds is 6. The van der Waals surface area contributed by atoms with E-state index in [1.54, 1.807) is 18.2 Å². The van der Waals surface area contributed by atoms with E-state index < -0.39 is 23.7 Å². The molecule has 0 radical (unpaired) electrons. The molecule has 3 aromatic rings. The SMILES string of the molecule is O=C(NC(Cc1ccccc1)C(=O)Nc1ccc(Cl)cc1Cl)c1ccccc1F. The standard InChI is InChI=1S/C22H17Cl2FN2O2/c23-15-10-11-19(17(24)13-15)26-22(29)20(12-14-6-2-1-3-7-14)27-21(28)16-8-4-5-9-18(16)25/h1-11,13,20H,12H2,(H,26,29)(H,27,28). The Kier molecular flexibility index (Phi) is 6.86. The Hall–Kier alpha value is -2.89. The fraction of sp³-hybridized carbons (Fsp3) is 0.0909. The maximum Gasteiger partial charge on any atom is 0.254 e. The third kappa shape index (κ3) is 5.56. The van der Waals surface area contributed by atoms with Crippen LogP contribution in [0.25, 0.3) is 0 Å². The maximum absolute atomic E-state index is 14.0. The van der Waals surface area contributed by atoms with Crippen LogP contribution in [0.3, 0.4) is 0 Å². The van der Waals surface area contributed by atoms with Gasteiger partial charge in [-0.25, -0.2) is 4.39 Å². The molecule has 2 amide bonds. The molecule has 0 heterocycles. The number of carbonyl (C=O) groups is 2. The first-order chi connectivity index (χ1) is 13.9. The first-order valence-corrected chi connectivity index (χ1v) is 9.55. The predicted molar refractivity (Wildman–Crippen MR) is 113 cm³/mol. The molecule has 1 unspecified atom stereocenters. The Labute approximate surface area is 177 Å². The van der Waals surface area contributed by atoms with Gasteiger partial charge in [0.1, 0.15) is 11.9 Å². The number of carbonyl (C=O) groups excluding carboxylic acids is 2. The van der Waals surface area contributed by atoms with E-state index in [1.807, 2.05) is 30.3 Å². The lowest BCUT2D eigenvalue weighted by Crippen LogP contribution is -2.45. The smallest absolute Gasteiger partial charge is 0.254 e. The summed E-state index contributed by atoms with van der Waals surface area (Å²) >= 11 is 12.0. The monoisotopic (exact) mass is 430 g/mol. The predicted octanol–water partition coefficient (Wildman–Crippen LogP) is 5.11. The Bertz CT molecular complexity index is 1030.